The van der Waals surface area contributed by atoms with E-state index in [9.17, 15) is 9.59 Å². The largest absolute Gasteiger partial charge is 0.418 e. The molecule has 0 bridgehead atoms. The monoisotopic (exact) mass is 446 g/mol. The number of nitrogens with zero attached hydrogens (tertiary/aromatic N) is 6. The van der Waals surface area contributed by atoms with Crippen LogP contribution in [0, 0.1) is 6.92 Å². The molecule has 11 nitrogen and oxygen atoms in total. The quantitative estimate of drug-likeness (QED) is 0.585. The van der Waals surface area contributed by atoms with Crippen molar-refractivity contribution in [1.82, 2.24) is 29.8 Å². The zero-order valence-corrected chi connectivity index (χ0v) is 18.0. The second kappa shape index (κ2) is 8.77. The van der Waals surface area contributed by atoms with Gasteiger partial charge in [-0.15, -0.1) is 0 Å². The van der Waals surface area contributed by atoms with Gasteiger partial charge in [0.15, 0.2) is 11.5 Å². The Kier molecular flexibility index (Phi) is 5.51. The molecule has 3 aromatic heterocycles. The number of rotatable bonds is 6. The number of amides is 2. The lowest BCUT2D eigenvalue weighted by atomic mass is 10.1. The Balaban J connectivity index is 1.37. The van der Waals surface area contributed by atoms with E-state index < -0.39 is 6.09 Å². The van der Waals surface area contributed by atoms with Crippen LogP contribution in [0.25, 0.3) is 0 Å². The molecule has 1 saturated heterocycles. The van der Waals surface area contributed by atoms with Gasteiger partial charge in [0.05, 0.1) is 35.7 Å². The number of hydrogen-bond acceptors (Lipinski definition) is 9. The smallest absolute Gasteiger partial charge is 0.387 e. The van der Waals surface area contributed by atoms with Crippen LogP contribution in [0.15, 0.2) is 37.1 Å². The van der Waals surface area contributed by atoms with Crippen molar-refractivity contribution in [2.75, 3.05) is 23.7 Å². The maximum absolute atomic E-state index is 12.8. The number of nitrogens with one attached hydrogen (secondary N) is 2. The van der Waals surface area contributed by atoms with E-state index in [-0.39, 0.29) is 29.0 Å². The van der Waals surface area contributed by atoms with E-state index >= 15 is 0 Å². The summed E-state index contributed by atoms with van der Waals surface area (Å²) in [5, 5.41) is 5.65. The topological polar surface area (TPSA) is 135 Å². The van der Waals surface area contributed by atoms with E-state index in [1.807, 2.05) is 0 Å². The number of aryl methyl sites for hydroxylation is 1. The van der Waals surface area contributed by atoms with E-state index in [4.69, 9.17) is 4.74 Å². The maximum atomic E-state index is 12.8. The molecule has 168 valence electrons. The number of carbonyl (C=O) groups is 2. The number of ether oxygens (including phenoxy) is 1. The summed E-state index contributed by atoms with van der Waals surface area (Å²) < 4.78 is 5.53. The SMILES string of the molecule is Cc1ccc(NC(=O)Oc2nc(C3CC3)cnc2Nc2cncnc2)c(C(=O)N2CCC2)n1. The maximum Gasteiger partial charge on any atom is 0.418 e. The predicted octanol–water partition coefficient (Wildman–Crippen LogP) is 3.05. The van der Waals surface area contributed by atoms with Crippen molar-refractivity contribution in [2.45, 2.75) is 32.1 Å². The average Bonchev–Trinajstić information content (AvgIpc) is 3.61. The first-order chi connectivity index (χ1) is 16.1. The van der Waals surface area contributed by atoms with Gasteiger partial charge in [-0.05, 0) is 38.3 Å². The van der Waals surface area contributed by atoms with Crippen LogP contribution in [-0.2, 0) is 0 Å². The van der Waals surface area contributed by atoms with E-state index in [0.717, 1.165) is 25.0 Å². The summed E-state index contributed by atoms with van der Waals surface area (Å²) in [5.74, 6) is 0.376. The average molecular weight is 446 g/mol. The molecule has 1 aliphatic carbocycles. The summed E-state index contributed by atoms with van der Waals surface area (Å²) in [4.78, 5) is 48.4. The number of likely N-dealkylation sites (tertiary alicyclic amines) is 1. The zero-order chi connectivity index (χ0) is 22.8. The van der Waals surface area contributed by atoms with Crippen molar-refractivity contribution in [1.29, 1.82) is 0 Å². The molecule has 1 saturated carbocycles. The van der Waals surface area contributed by atoms with Gasteiger partial charge in [-0.1, -0.05) is 0 Å². The Morgan fingerprint density at radius 1 is 1.09 bits per heavy atom. The van der Waals surface area contributed by atoms with Crippen molar-refractivity contribution < 1.29 is 14.3 Å². The molecule has 0 atom stereocenters. The van der Waals surface area contributed by atoms with Gasteiger partial charge in [-0.2, -0.15) is 0 Å². The number of hydrogen-bond donors (Lipinski definition) is 2. The first-order valence-electron chi connectivity index (χ1n) is 10.7. The highest BCUT2D eigenvalue weighted by molar-refractivity contribution is 6.01. The third kappa shape index (κ3) is 4.71. The molecule has 2 amide bonds. The molecule has 11 heteroatoms. The number of aromatic nitrogens is 5. The van der Waals surface area contributed by atoms with Crippen LogP contribution in [-0.4, -0.2) is 54.9 Å². The Hall–Kier alpha value is -4.15. The van der Waals surface area contributed by atoms with Crippen LogP contribution in [0.3, 0.4) is 0 Å². The molecule has 0 spiro atoms. The lowest BCUT2D eigenvalue weighted by molar-refractivity contribution is 0.0646. The van der Waals surface area contributed by atoms with E-state index in [0.29, 0.717) is 30.4 Å². The lowest BCUT2D eigenvalue weighted by Gasteiger charge is -2.31. The van der Waals surface area contributed by atoms with Crippen molar-refractivity contribution in [3.63, 3.8) is 0 Å². The second-order valence-electron chi connectivity index (χ2n) is 7.98. The summed E-state index contributed by atoms with van der Waals surface area (Å²) in [5.41, 5.74) is 2.47. The summed E-state index contributed by atoms with van der Waals surface area (Å²) in [7, 11) is 0. The Bertz CT molecular complexity index is 1200. The first-order valence-corrected chi connectivity index (χ1v) is 10.7. The molecule has 0 aromatic carbocycles. The minimum absolute atomic E-state index is 0.0245. The van der Waals surface area contributed by atoms with Gasteiger partial charge in [0.25, 0.3) is 11.8 Å². The number of anilines is 3. The predicted molar refractivity (Wildman–Crippen MR) is 118 cm³/mol. The van der Waals surface area contributed by atoms with Gasteiger partial charge in [0, 0.05) is 24.7 Å². The van der Waals surface area contributed by atoms with Gasteiger partial charge >= 0.3 is 6.09 Å². The van der Waals surface area contributed by atoms with Crippen molar-refractivity contribution >= 4 is 29.2 Å². The molecule has 3 aromatic rings. The molecule has 2 fully saturated rings. The molecule has 2 aliphatic rings. The van der Waals surface area contributed by atoms with Crippen LogP contribution in [0.4, 0.5) is 22.0 Å². The molecule has 33 heavy (non-hydrogen) atoms. The summed E-state index contributed by atoms with van der Waals surface area (Å²) in [6.45, 7) is 3.15. The molecule has 2 N–H and O–H groups in total. The fourth-order valence-corrected chi connectivity index (χ4v) is 3.33. The van der Waals surface area contributed by atoms with E-state index in [1.165, 1.54) is 6.33 Å². The van der Waals surface area contributed by atoms with Gasteiger partial charge in [-0.25, -0.2) is 29.7 Å². The Morgan fingerprint density at radius 2 is 1.88 bits per heavy atom. The normalized spacial score (nSPS) is 14.9. The van der Waals surface area contributed by atoms with Crippen molar-refractivity contribution in [3.05, 3.63) is 54.1 Å². The molecule has 1 aliphatic heterocycles. The molecular formula is C22H22N8O3. The minimum Gasteiger partial charge on any atom is -0.387 e. The fourth-order valence-electron chi connectivity index (χ4n) is 3.33. The second-order valence-corrected chi connectivity index (χ2v) is 7.98. The third-order valence-electron chi connectivity index (χ3n) is 5.38. The van der Waals surface area contributed by atoms with Gasteiger partial charge in [0.2, 0.25) is 0 Å². The molecule has 4 heterocycles. The summed E-state index contributed by atoms with van der Waals surface area (Å²) in [6.07, 6.45) is 8.42. The molecular weight excluding hydrogens is 424 g/mol. The summed E-state index contributed by atoms with van der Waals surface area (Å²) in [6, 6.07) is 3.36. The summed E-state index contributed by atoms with van der Waals surface area (Å²) >= 11 is 0. The number of carbonyl (C=O) groups excluding carboxylic acids is 2. The Labute approximate surface area is 189 Å². The van der Waals surface area contributed by atoms with E-state index in [2.05, 4.69) is 35.6 Å². The van der Waals surface area contributed by atoms with Crippen LogP contribution in [0.1, 0.15) is 47.1 Å². The van der Waals surface area contributed by atoms with Crippen molar-refractivity contribution in [2.24, 2.45) is 0 Å². The molecule has 0 radical (unpaired) electrons. The first kappa shape index (κ1) is 20.7. The highest BCUT2D eigenvalue weighted by Gasteiger charge is 2.28. The highest BCUT2D eigenvalue weighted by atomic mass is 16.6. The van der Waals surface area contributed by atoms with E-state index in [1.54, 1.807) is 42.5 Å². The standard InChI is InChI=1S/C22H22N8O3/c1-13-3-6-16(18(26-13)21(31)30-7-2-8-30)29-22(32)33-20-19(27-15-9-23-12-24-10-15)25-11-17(28-20)14-4-5-14/h3,6,9-12,14H,2,4-5,7-8H2,1H3,(H,25,27)(H,29,32). The minimum atomic E-state index is -0.798. The fraction of sp³-hybridized carbons (Fsp3) is 0.318. The van der Waals surface area contributed by atoms with Crippen LogP contribution in [0.5, 0.6) is 5.88 Å². The zero-order valence-electron chi connectivity index (χ0n) is 18.0. The van der Waals surface area contributed by atoms with Gasteiger partial charge in [0.1, 0.15) is 6.33 Å². The van der Waals surface area contributed by atoms with Crippen molar-refractivity contribution in [3.8, 4) is 5.88 Å². The lowest BCUT2D eigenvalue weighted by Crippen LogP contribution is -2.42. The number of pyridine rings is 1. The molecule has 0 unspecified atom stereocenters. The van der Waals surface area contributed by atoms with Crippen LogP contribution >= 0.6 is 0 Å². The molecule has 5 rings (SSSR count). The third-order valence-corrected chi connectivity index (χ3v) is 5.38. The van der Waals surface area contributed by atoms with Gasteiger partial charge < -0.3 is 15.0 Å². The highest BCUT2D eigenvalue weighted by Crippen LogP contribution is 2.40. The van der Waals surface area contributed by atoms with Crippen LogP contribution < -0.4 is 15.4 Å². The van der Waals surface area contributed by atoms with Crippen LogP contribution in [0.2, 0.25) is 0 Å². The Morgan fingerprint density at radius 3 is 2.58 bits per heavy atom. The van der Waals surface area contributed by atoms with Gasteiger partial charge in [-0.3, -0.25) is 10.1 Å².